The van der Waals surface area contributed by atoms with E-state index in [9.17, 15) is 9.59 Å². The van der Waals surface area contributed by atoms with Gasteiger partial charge < -0.3 is 25.0 Å². The third kappa shape index (κ3) is 7.50. The molecule has 0 bridgehead atoms. The van der Waals surface area contributed by atoms with Crippen LogP contribution in [0.2, 0.25) is 0 Å². The molecule has 2 amide bonds. The molecule has 0 fully saturated rings. The Hall–Kier alpha value is -4.00. The van der Waals surface area contributed by atoms with E-state index in [2.05, 4.69) is 15.5 Å². The maximum atomic E-state index is 12.6. The van der Waals surface area contributed by atoms with E-state index in [1.807, 2.05) is 72.8 Å². The van der Waals surface area contributed by atoms with Gasteiger partial charge in [0.05, 0.1) is 14.2 Å². The van der Waals surface area contributed by atoms with Gasteiger partial charge in [0.2, 0.25) is 5.91 Å². The Labute approximate surface area is 213 Å². The average molecular weight is 490 g/mol. The van der Waals surface area contributed by atoms with E-state index < -0.39 is 0 Å². The molecule has 0 radical (unpaired) electrons. The summed E-state index contributed by atoms with van der Waals surface area (Å²) in [5.74, 6) is 1.55. The number of benzene rings is 3. The molecule has 3 aromatic rings. The summed E-state index contributed by atoms with van der Waals surface area (Å²) >= 11 is 0. The van der Waals surface area contributed by atoms with Gasteiger partial charge in [-0.3, -0.25) is 9.59 Å². The second-order valence-corrected chi connectivity index (χ2v) is 8.37. The molecule has 190 valence electrons. The van der Waals surface area contributed by atoms with Crippen molar-refractivity contribution in [3.05, 3.63) is 78.4 Å². The number of ether oxygens (including phenoxy) is 2. The molecule has 0 saturated carbocycles. The fourth-order valence-corrected chi connectivity index (χ4v) is 3.86. The van der Waals surface area contributed by atoms with Crippen LogP contribution < -0.4 is 25.0 Å². The largest absolute Gasteiger partial charge is 0.497 e. The Morgan fingerprint density at radius 2 is 1.17 bits per heavy atom. The van der Waals surface area contributed by atoms with Crippen molar-refractivity contribution in [1.82, 2.24) is 10.6 Å². The highest BCUT2D eigenvalue weighted by atomic mass is 16.5. The number of anilines is 3. The normalized spacial score (nSPS) is 10.4. The van der Waals surface area contributed by atoms with E-state index in [-0.39, 0.29) is 11.8 Å². The number of amides is 2. The van der Waals surface area contributed by atoms with Crippen molar-refractivity contribution >= 4 is 28.9 Å². The number of carbonyl (C=O) groups is 2. The summed E-state index contributed by atoms with van der Waals surface area (Å²) in [4.78, 5) is 26.0. The van der Waals surface area contributed by atoms with Gasteiger partial charge >= 0.3 is 0 Å². The van der Waals surface area contributed by atoms with E-state index in [0.29, 0.717) is 18.5 Å². The molecule has 0 heterocycles. The van der Waals surface area contributed by atoms with Gasteiger partial charge in [-0.1, -0.05) is 12.8 Å². The molecule has 0 spiro atoms. The minimum atomic E-state index is -0.0904. The van der Waals surface area contributed by atoms with Crippen molar-refractivity contribution in [2.45, 2.75) is 32.1 Å². The van der Waals surface area contributed by atoms with Crippen LogP contribution in [0.3, 0.4) is 0 Å². The number of unbranched alkanes of at least 4 members (excludes halogenated alkanes) is 3. The third-order valence-electron chi connectivity index (χ3n) is 5.94. The minimum Gasteiger partial charge on any atom is -0.497 e. The van der Waals surface area contributed by atoms with Crippen LogP contribution in [0.4, 0.5) is 17.1 Å². The summed E-state index contributed by atoms with van der Waals surface area (Å²) in [6, 6.07) is 23.3. The lowest BCUT2D eigenvalue weighted by molar-refractivity contribution is -0.120. The lowest BCUT2D eigenvalue weighted by atomic mass is 10.1. The topological polar surface area (TPSA) is 79.9 Å². The van der Waals surface area contributed by atoms with E-state index in [0.717, 1.165) is 54.2 Å². The van der Waals surface area contributed by atoms with Crippen molar-refractivity contribution in [2.24, 2.45) is 0 Å². The monoisotopic (exact) mass is 489 g/mol. The van der Waals surface area contributed by atoms with Gasteiger partial charge in [-0.25, -0.2) is 0 Å². The molecular weight excluding hydrogens is 454 g/mol. The summed E-state index contributed by atoms with van der Waals surface area (Å²) in [5.41, 5.74) is 3.48. The first-order chi connectivity index (χ1) is 17.5. The van der Waals surface area contributed by atoms with Crippen LogP contribution >= 0.6 is 0 Å². The highest BCUT2D eigenvalue weighted by molar-refractivity contribution is 5.94. The molecule has 0 atom stereocenters. The summed E-state index contributed by atoms with van der Waals surface area (Å²) in [6.45, 7) is 0.615. The van der Waals surface area contributed by atoms with Gasteiger partial charge in [-0.2, -0.15) is 0 Å². The maximum absolute atomic E-state index is 12.6. The number of carbonyl (C=O) groups excluding carboxylic acids is 2. The lowest BCUT2D eigenvalue weighted by Crippen LogP contribution is -2.24. The van der Waals surface area contributed by atoms with E-state index in [1.165, 1.54) is 0 Å². The van der Waals surface area contributed by atoms with Gasteiger partial charge in [-0.05, 0) is 85.6 Å². The highest BCUT2D eigenvalue weighted by Gasteiger charge is 2.14. The number of methoxy groups -OCH3 is 2. The smallest absolute Gasteiger partial charge is 0.251 e. The predicted molar refractivity (Wildman–Crippen MR) is 144 cm³/mol. The first-order valence-electron chi connectivity index (χ1n) is 12.2. The molecule has 7 nitrogen and oxygen atoms in total. The quantitative estimate of drug-likeness (QED) is 0.306. The van der Waals surface area contributed by atoms with Gasteiger partial charge in [0.15, 0.2) is 0 Å². The summed E-state index contributed by atoms with van der Waals surface area (Å²) in [5, 5.41) is 5.62. The number of nitrogens with one attached hydrogen (secondary N) is 2. The van der Waals surface area contributed by atoms with Crippen LogP contribution in [-0.4, -0.2) is 39.6 Å². The SMILES string of the molecule is CNC(=O)CCCCCCNC(=O)c1ccc(N(c2ccc(OC)cc2)c2ccc(OC)cc2)cc1. The number of hydrogen-bond acceptors (Lipinski definition) is 5. The molecule has 36 heavy (non-hydrogen) atoms. The molecular formula is C29H35N3O4. The summed E-state index contributed by atoms with van der Waals surface area (Å²) < 4.78 is 10.6. The van der Waals surface area contributed by atoms with Gasteiger partial charge in [-0.15, -0.1) is 0 Å². The fourth-order valence-electron chi connectivity index (χ4n) is 3.86. The van der Waals surface area contributed by atoms with Crippen LogP contribution in [0.1, 0.15) is 42.5 Å². The average Bonchev–Trinajstić information content (AvgIpc) is 2.93. The van der Waals surface area contributed by atoms with Crippen LogP contribution in [0, 0.1) is 0 Å². The molecule has 7 heteroatoms. The zero-order valence-corrected chi connectivity index (χ0v) is 21.3. The molecule has 0 saturated heterocycles. The van der Waals surface area contributed by atoms with Crippen molar-refractivity contribution in [2.75, 3.05) is 32.7 Å². The Balaban J connectivity index is 1.64. The van der Waals surface area contributed by atoms with Gasteiger partial charge in [0.1, 0.15) is 11.5 Å². The van der Waals surface area contributed by atoms with Crippen LogP contribution in [-0.2, 0) is 4.79 Å². The molecule has 0 aliphatic rings. The van der Waals surface area contributed by atoms with Crippen molar-refractivity contribution in [1.29, 1.82) is 0 Å². The van der Waals surface area contributed by atoms with Crippen molar-refractivity contribution < 1.29 is 19.1 Å². The first-order valence-corrected chi connectivity index (χ1v) is 12.2. The number of nitrogens with zero attached hydrogens (tertiary/aromatic N) is 1. The third-order valence-corrected chi connectivity index (χ3v) is 5.94. The molecule has 0 aromatic heterocycles. The second-order valence-electron chi connectivity index (χ2n) is 8.37. The fraction of sp³-hybridized carbons (Fsp3) is 0.310. The molecule has 0 aliphatic carbocycles. The maximum Gasteiger partial charge on any atom is 0.251 e. The Morgan fingerprint density at radius 1 is 0.694 bits per heavy atom. The van der Waals surface area contributed by atoms with E-state index in [4.69, 9.17) is 9.47 Å². The Bertz CT molecular complexity index is 1050. The van der Waals surface area contributed by atoms with Crippen LogP contribution in [0.5, 0.6) is 11.5 Å². The predicted octanol–water partition coefficient (Wildman–Crippen LogP) is 5.60. The van der Waals surface area contributed by atoms with Crippen molar-refractivity contribution in [3.63, 3.8) is 0 Å². The zero-order chi connectivity index (χ0) is 25.8. The van der Waals surface area contributed by atoms with Crippen LogP contribution in [0.25, 0.3) is 0 Å². The first kappa shape index (κ1) is 26.6. The van der Waals surface area contributed by atoms with Gasteiger partial charge in [0.25, 0.3) is 5.91 Å². The van der Waals surface area contributed by atoms with Gasteiger partial charge in [0, 0.05) is 42.6 Å². The molecule has 0 unspecified atom stereocenters. The summed E-state index contributed by atoms with van der Waals surface area (Å²) in [7, 11) is 4.95. The van der Waals surface area contributed by atoms with E-state index >= 15 is 0 Å². The minimum absolute atomic E-state index is 0.0734. The van der Waals surface area contributed by atoms with Crippen molar-refractivity contribution in [3.8, 4) is 11.5 Å². The molecule has 3 rings (SSSR count). The second kappa shape index (κ2) is 13.8. The van der Waals surface area contributed by atoms with Crippen LogP contribution in [0.15, 0.2) is 72.8 Å². The molecule has 2 N–H and O–H groups in total. The highest BCUT2D eigenvalue weighted by Crippen LogP contribution is 2.36. The summed E-state index contributed by atoms with van der Waals surface area (Å²) in [6.07, 6.45) is 4.27. The Kier molecular flexibility index (Phi) is 10.2. The zero-order valence-electron chi connectivity index (χ0n) is 21.3. The Morgan fingerprint density at radius 3 is 1.64 bits per heavy atom. The standard InChI is InChI=1S/C29H35N3O4/c1-30-28(33)8-6-4-5-7-21-31-29(34)22-9-11-23(12-10-22)32(24-13-17-26(35-2)18-14-24)25-15-19-27(36-3)20-16-25/h9-20H,4-8,21H2,1-3H3,(H,30,33)(H,31,34). The lowest BCUT2D eigenvalue weighted by Gasteiger charge is -2.26. The molecule has 3 aromatic carbocycles. The number of hydrogen-bond donors (Lipinski definition) is 2. The van der Waals surface area contributed by atoms with E-state index in [1.54, 1.807) is 21.3 Å². The molecule has 0 aliphatic heterocycles. The number of rotatable bonds is 13.